The van der Waals surface area contributed by atoms with E-state index in [1.165, 1.54) is 6.07 Å². The number of hydrogen-bond acceptors (Lipinski definition) is 10. The summed E-state index contributed by atoms with van der Waals surface area (Å²) in [4.78, 5) is 36.5. The molecule has 0 saturated carbocycles. The quantitative estimate of drug-likeness (QED) is 0.179. The maximum absolute atomic E-state index is 15.0. The Kier molecular flexibility index (Phi) is 10.2. The third-order valence-corrected chi connectivity index (χ3v) is 5.43. The first-order valence-electron chi connectivity index (χ1n) is 11.7. The van der Waals surface area contributed by atoms with Crippen LogP contribution in [-0.2, 0) is 25.4 Å². The summed E-state index contributed by atoms with van der Waals surface area (Å²) >= 11 is 6.01. The highest BCUT2D eigenvalue weighted by Gasteiger charge is 2.26. The lowest BCUT2D eigenvalue weighted by atomic mass is 9.97. The lowest BCUT2D eigenvalue weighted by molar-refractivity contribution is -0.164. The second kappa shape index (κ2) is 13.5. The van der Waals surface area contributed by atoms with E-state index in [4.69, 9.17) is 21.1 Å². The van der Waals surface area contributed by atoms with Crippen LogP contribution in [0.1, 0.15) is 36.3 Å². The van der Waals surface area contributed by atoms with Gasteiger partial charge in [-0.3, -0.25) is 4.79 Å². The van der Waals surface area contributed by atoms with Gasteiger partial charge in [0, 0.05) is 23.0 Å². The molecule has 14 heteroatoms. The number of carbonyl (C=O) groups excluding carboxylic acids is 3. The molecule has 0 bridgehead atoms. The Balaban J connectivity index is 1.70. The Bertz CT molecular complexity index is 1320. The molecule has 208 valence electrons. The molecule has 0 spiro atoms. The predicted octanol–water partition coefficient (Wildman–Crippen LogP) is 3.13. The molecule has 3 aromatic rings. The van der Waals surface area contributed by atoms with Gasteiger partial charge in [0.15, 0.2) is 11.8 Å². The Morgan fingerprint density at radius 1 is 1.15 bits per heavy atom. The van der Waals surface area contributed by atoms with Crippen LogP contribution in [0.15, 0.2) is 48.7 Å². The van der Waals surface area contributed by atoms with Crippen LogP contribution in [0.25, 0.3) is 11.1 Å². The Labute approximate surface area is 227 Å². The molecule has 1 heterocycles. The third-order valence-electron chi connectivity index (χ3n) is 5.19. The summed E-state index contributed by atoms with van der Waals surface area (Å²) in [5.74, 6) is -2.44. The van der Waals surface area contributed by atoms with E-state index >= 15 is 0 Å². The zero-order valence-electron chi connectivity index (χ0n) is 20.9. The summed E-state index contributed by atoms with van der Waals surface area (Å²) in [5.41, 5.74) is 1.08. The van der Waals surface area contributed by atoms with Crippen LogP contribution >= 0.6 is 11.6 Å². The summed E-state index contributed by atoms with van der Waals surface area (Å²) in [6.45, 7) is 2.40. The molecule has 3 N–H and O–H groups in total. The molecular formula is C25H26ClFN4O8. The van der Waals surface area contributed by atoms with Gasteiger partial charge in [0.25, 0.3) is 5.91 Å². The summed E-state index contributed by atoms with van der Waals surface area (Å²) in [5, 5.41) is 29.5. The Morgan fingerprint density at radius 3 is 2.56 bits per heavy atom. The van der Waals surface area contributed by atoms with Crippen LogP contribution in [0, 0.1) is 5.82 Å². The van der Waals surface area contributed by atoms with Crippen LogP contribution in [-0.4, -0.2) is 68.5 Å². The number of esters is 1. The molecule has 0 fully saturated rings. The first kappa shape index (κ1) is 29.3. The first-order chi connectivity index (χ1) is 18.5. The fourth-order valence-electron chi connectivity index (χ4n) is 3.50. The zero-order chi connectivity index (χ0) is 28.5. The smallest absolute Gasteiger partial charge is 0.431 e. The Hall–Kier alpha value is -4.23. The molecule has 2 atom stereocenters. The van der Waals surface area contributed by atoms with Crippen molar-refractivity contribution in [2.45, 2.75) is 44.9 Å². The SMILES string of the molecule is CC(C)OC(=O)OCOC(=O)[C@H](O)C[C@@H](Cc1ccc(-c2cccc(Cl)c2)c(F)c1)NC(=O)c1cn(O)nn1. The van der Waals surface area contributed by atoms with E-state index in [1.807, 2.05) is 0 Å². The molecule has 0 aliphatic heterocycles. The van der Waals surface area contributed by atoms with Crippen LogP contribution in [0.2, 0.25) is 5.02 Å². The fourth-order valence-corrected chi connectivity index (χ4v) is 3.69. The van der Waals surface area contributed by atoms with Crippen LogP contribution in [0.4, 0.5) is 9.18 Å². The van der Waals surface area contributed by atoms with Crippen LogP contribution < -0.4 is 5.32 Å². The minimum atomic E-state index is -1.75. The van der Waals surface area contributed by atoms with Crippen LogP contribution in [0.5, 0.6) is 0 Å². The molecule has 2 aromatic carbocycles. The van der Waals surface area contributed by atoms with Crippen molar-refractivity contribution in [3.63, 3.8) is 0 Å². The highest BCUT2D eigenvalue weighted by Crippen LogP contribution is 2.26. The fraction of sp³-hybridized carbons (Fsp3) is 0.320. The molecule has 0 aliphatic carbocycles. The molecule has 1 amide bonds. The maximum atomic E-state index is 15.0. The summed E-state index contributed by atoms with van der Waals surface area (Å²) < 4.78 is 29.0. The number of ether oxygens (including phenoxy) is 3. The lowest BCUT2D eigenvalue weighted by Crippen LogP contribution is -2.41. The largest absolute Gasteiger partial charge is 0.511 e. The van der Waals surface area contributed by atoms with Crippen molar-refractivity contribution >= 4 is 29.6 Å². The predicted molar refractivity (Wildman–Crippen MR) is 133 cm³/mol. The number of hydrogen-bond donors (Lipinski definition) is 3. The van der Waals surface area contributed by atoms with Gasteiger partial charge in [0.05, 0.1) is 12.3 Å². The van der Waals surface area contributed by atoms with E-state index < -0.39 is 48.9 Å². The van der Waals surface area contributed by atoms with Gasteiger partial charge in [-0.25, -0.2) is 14.0 Å². The van der Waals surface area contributed by atoms with E-state index in [9.17, 15) is 29.1 Å². The summed E-state index contributed by atoms with van der Waals surface area (Å²) in [6.07, 6.45) is -2.66. The monoisotopic (exact) mass is 564 g/mol. The maximum Gasteiger partial charge on any atom is 0.511 e. The first-order valence-corrected chi connectivity index (χ1v) is 12.0. The van der Waals surface area contributed by atoms with Gasteiger partial charge in [-0.2, -0.15) is 0 Å². The molecular weight excluding hydrogens is 539 g/mol. The molecule has 0 aliphatic rings. The number of aliphatic hydroxyl groups is 1. The second-order valence-corrected chi connectivity index (χ2v) is 9.05. The van der Waals surface area contributed by atoms with Crippen molar-refractivity contribution in [3.05, 3.63) is 70.8 Å². The van der Waals surface area contributed by atoms with E-state index in [1.54, 1.807) is 50.2 Å². The van der Waals surface area contributed by atoms with Gasteiger partial charge < -0.3 is 29.8 Å². The highest BCUT2D eigenvalue weighted by atomic mass is 35.5. The van der Waals surface area contributed by atoms with E-state index in [0.717, 1.165) is 6.20 Å². The van der Waals surface area contributed by atoms with Gasteiger partial charge in [-0.05, 0) is 54.8 Å². The number of halogens is 2. The summed E-state index contributed by atoms with van der Waals surface area (Å²) in [6, 6.07) is 10.2. The number of amides is 1. The normalized spacial score (nSPS) is 12.5. The number of benzene rings is 2. The van der Waals surface area contributed by atoms with E-state index in [-0.39, 0.29) is 18.5 Å². The van der Waals surface area contributed by atoms with Gasteiger partial charge in [-0.15, -0.1) is 5.10 Å². The average Bonchev–Trinajstić information content (AvgIpc) is 3.30. The molecule has 0 saturated heterocycles. The van der Waals surface area contributed by atoms with Crippen molar-refractivity contribution in [1.82, 2.24) is 20.5 Å². The second-order valence-electron chi connectivity index (χ2n) is 8.62. The zero-order valence-corrected chi connectivity index (χ0v) is 21.7. The molecule has 12 nitrogen and oxygen atoms in total. The molecule has 39 heavy (non-hydrogen) atoms. The van der Waals surface area contributed by atoms with Crippen molar-refractivity contribution in [3.8, 4) is 11.1 Å². The van der Waals surface area contributed by atoms with E-state index in [0.29, 0.717) is 26.6 Å². The lowest BCUT2D eigenvalue weighted by Gasteiger charge is -2.21. The van der Waals surface area contributed by atoms with Gasteiger partial charge in [0.2, 0.25) is 6.79 Å². The van der Waals surface area contributed by atoms with Crippen molar-refractivity contribution in [1.29, 1.82) is 0 Å². The highest BCUT2D eigenvalue weighted by molar-refractivity contribution is 6.30. The van der Waals surface area contributed by atoms with Gasteiger partial charge in [-0.1, -0.05) is 40.7 Å². The summed E-state index contributed by atoms with van der Waals surface area (Å²) in [7, 11) is 0. The molecule has 1 aromatic heterocycles. The standard InChI is InChI=1S/C25H26ClFN4O8/c1-14(2)39-25(35)38-13-37-24(34)22(32)11-18(28-23(33)21-12-31(36)30-29-21)8-15-6-7-19(20(27)9-15)16-4-3-5-17(26)10-16/h3-7,9-10,12,14,18,22,32,36H,8,11,13H2,1-2H3,(H,28,33)/t18-,22-/m1/s1. The van der Waals surface area contributed by atoms with Crippen LogP contribution in [0.3, 0.4) is 0 Å². The third kappa shape index (κ3) is 8.93. The topological polar surface area (TPSA) is 162 Å². The van der Waals surface area contributed by atoms with Crippen molar-refractivity contribution in [2.75, 3.05) is 6.79 Å². The van der Waals surface area contributed by atoms with Crippen molar-refractivity contribution < 1.29 is 43.3 Å². The van der Waals surface area contributed by atoms with Gasteiger partial charge >= 0.3 is 12.1 Å². The molecule has 0 unspecified atom stereocenters. The van der Waals surface area contributed by atoms with E-state index in [2.05, 4.69) is 20.4 Å². The van der Waals surface area contributed by atoms with Gasteiger partial charge in [0.1, 0.15) is 5.82 Å². The van der Waals surface area contributed by atoms with Crippen molar-refractivity contribution in [2.24, 2.45) is 0 Å². The minimum Gasteiger partial charge on any atom is -0.431 e. The number of aliphatic hydroxyl groups excluding tert-OH is 1. The molecule has 3 rings (SSSR count). The number of nitrogens with one attached hydrogen (secondary N) is 1. The number of carbonyl (C=O) groups is 3. The minimum absolute atomic E-state index is 0.00664. The number of aromatic nitrogens is 3. The Morgan fingerprint density at radius 2 is 1.92 bits per heavy atom. The number of rotatable bonds is 11. The number of nitrogens with zero attached hydrogens (tertiary/aromatic N) is 3. The average molecular weight is 565 g/mol. The molecule has 0 radical (unpaired) electrons.